The lowest BCUT2D eigenvalue weighted by Gasteiger charge is -2.41. The van der Waals surface area contributed by atoms with Crippen molar-refractivity contribution in [3.8, 4) is 5.75 Å². The van der Waals surface area contributed by atoms with Crippen molar-refractivity contribution in [1.82, 2.24) is 9.88 Å². The average Bonchev–Trinajstić information content (AvgIpc) is 2.71. The number of aliphatic hydroxyl groups is 1. The van der Waals surface area contributed by atoms with Crippen LogP contribution >= 0.6 is 0 Å². The topological polar surface area (TPSA) is 45.6 Å². The lowest BCUT2D eigenvalue weighted by Crippen LogP contribution is -2.43. The van der Waals surface area contributed by atoms with Crippen molar-refractivity contribution in [2.45, 2.75) is 25.0 Å². The Morgan fingerprint density at radius 2 is 2.04 bits per heavy atom. The van der Waals surface area contributed by atoms with E-state index in [1.54, 1.807) is 12.3 Å². The Balaban J connectivity index is 1.90. The van der Waals surface area contributed by atoms with E-state index >= 15 is 0 Å². The number of pyridine rings is 1. The molecular weight excluding hydrogens is 307 g/mol. The monoisotopic (exact) mass is 328 g/mol. The maximum atomic E-state index is 13.7. The Morgan fingerprint density at radius 1 is 1.25 bits per heavy atom. The second-order valence-corrected chi connectivity index (χ2v) is 6.77. The van der Waals surface area contributed by atoms with Crippen molar-refractivity contribution in [3.05, 3.63) is 59.2 Å². The normalized spacial score (nSPS) is 24.6. The van der Waals surface area contributed by atoms with E-state index in [-0.39, 0.29) is 18.3 Å². The standard InChI is InChI=1S/C19H21FN2O2/c1-22-9-6-13(7-10-22)19(23)15-3-2-8-21-17(15)12-24-18-11-14(20)4-5-16(18)19/h2-5,8,11,13,23H,6-7,9-10,12H2,1H3. The molecule has 1 aromatic heterocycles. The first-order valence-electron chi connectivity index (χ1n) is 8.37. The molecule has 0 aliphatic carbocycles. The molecule has 4 nitrogen and oxygen atoms in total. The number of aromatic nitrogens is 1. The van der Waals surface area contributed by atoms with Gasteiger partial charge in [-0.3, -0.25) is 4.98 Å². The smallest absolute Gasteiger partial charge is 0.131 e. The molecule has 1 unspecified atom stereocenters. The highest BCUT2D eigenvalue weighted by Crippen LogP contribution is 2.47. The van der Waals surface area contributed by atoms with Gasteiger partial charge in [-0.05, 0) is 57.1 Å². The molecule has 1 saturated heterocycles. The van der Waals surface area contributed by atoms with Crippen LogP contribution in [0.4, 0.5) is 4.39 Å². The maximum absolute atomic E-state index is 13.7. The number of nitrogens with zero attached hydrogens (tertiary/aromatic N) is 2. The number of ether oxygens (including phenoxy) is 1. The molecule has 126 valence electrons. The van der Waals surface area contributed by atoms with Gasteiger partial charge in [-0.25, -0.2) is 4.39 Å². The lowest BCUT2D eigenvalue weighted by atomic mass is 9.71. The number of likely N-dealkylation sites (tertiary alicyclic amines) is 1. The third kappa shape index (κ3) is 2.39. The van der Waals surface area contributed by atoms with E-state index in [1.807, 2.05) is 12.1 Å². The zero-order valence-corrected chi connectivity index (χ0v) is 13.7. The first kappa shape index (κ1) is 15.5. The molecule has 24 heavy (non-hydrogen) atoms. The molecule has 0 spiro atoms. The van der Waals surface area contributed by atoms with Crippen molar-refractivity contribution in [2.24, 2.45) is 5.92 Å². The van der Waals surface area contributed by atoms with Crippen LogP contribution in [0.15, 0.2) is 36.5 Å². The molecule has 1 N–H and O–H groups in total. The van der Waals surface area contributed by atoms with Crippen molar-refractivity contribution in [1.29, 1.82) is 0 Å². The van der Waals surface area contributed by atoms with Gasteiger partial charge in [0.25, 0.3) is 0 Å². The molecule has 1 atom stereocenters. The van der Waals surface area contributed by atoms with Gasteiger partial charge in [0.1, 0.15) is 23.8 Å². The average molecular weight is 328 g/mol. The summed E-state index contributed by atoms with van der Waals surface area (Å²) in [5.74, 6) is 0.0929. The fourth-order valence-electron chi connectivity index (χ4n) is 3.99. The molecule has 2 aliphatic rings. The van der Waals surface area contributed by atoms with E-state index in [0.29, 0.717) is 11.3 Å². The summed E-state index contributed by atoms with van der Waals surface area (Å²) in [6.45, 7) is 2.10. The number of hydrogen-bond donors (Lipinski definition) is 1. The molecule has 0 bridgehead atoms. The highest BCUT2D eigenvalue weighted by atomic mass is 19.1. The minimum atomic E-state index is -1.20. The predicted octanol–water partition coefficient (Wildman–Crippen LogP) is 2.69. The molecule has 4 rings (SSSR count). The zero-order chi connectivity index (χ0) is 16.7. The van der Waals surface area contributed by atoms with E-state index in [1.165, 1.54) is 12.1 Å². The molecule has 1 aromatic carbocycles. The lowest BCUT2D eigenvalue weighted by molar-refractivity contribution is -0.0115. The van der Waals surface area contributed by atoms with Gasteiger partial charge >= 0.3 is 0 Å². The summed E-state index contributed by atoms with van der Waals surface area (Å²) in [4.78, 5) is 6.67. The first-order chi connectivity index (χ1) is 11.6. The quantitative estimate of drug-likeness (QED) is 0.874. The van der Waals surface area contributed by atoms with Gasteiger partial charge in [-0.2, -0.15) is 0 Å². The molecule has 2 aromatic rings. The maximum Gasteiger partial charge on any atom is 0.131 e. The number of rotatable bonds is 1. The van der Waals surface area contributed by atoms with Gasteiger partial charge in [0.15, 0.2) is 0 Å². The van der Waals surface area contributed by atoms with Crippen LogP contribution < -0.4 is 4.74 Å². The summed E-state index contributed by atoms with van der Waals surface area (Å²) < 4.78 is 19.5. The predicted molar refractivity (Wildman–Crippen MR) is 88.2 cm³/mol. The number of halogens is 1. The number of benzene rings is 1. The third-order valence-corrected chi connectivity index (χ3v) is 5.33. The van der Waals surface area contributed by atoms with Crippen LogP contribution in [0.5, 0.6) is 5.75 Å². The summed E-state index contributed by atoms with van der Waals surface area (Å²) >= 11 is 0. The summed E-state index contributed by atoms with van der Waals surface area (Å²) in [5, 5.41) is 11.9. The van der Waals surface area contributed by atoms with Gasteiger partial charge in [-0.1, -0.05) is 6.07 Å². The molecule has 5 heteroatoms. The molecule has 2 aliphatic heterocycles. The Morgan fingerprint density at radius 3 is 2.83 bits per heavy atom. The second kappa shape index (κ2) is 5.83. The van der Waals surface area contributed by atoms with E-state index < -0.39 is 5.60 Å². The van der Waals surface area contributed by atoms with Crippen molar-refractivity contribution < 1.29 is 14.2 Å². The molecule has 0 radical (unpaired) electrons. The Labute approximate surface area is 140 Å². The highest BCUT2D eigenvalue weighted by molar-refractivity contribution is 5.48. The van der Waals surface area contributed by atoms with Crippen molar-refractivity contribution in [2.75, 3.05) is 20.1 Å². The molecule has 0 saturated carbocycles. The summed E-state index contributed by atoms with van der Waals surface area (Å²) in [6.07, 6.45) is 3.45. The summed E-state index contributed by atoms with van der Waals surface area (Å²) in [5.41, 5.74) is 0.940. The zero-order valence-electron chi connectivity index (χ0n) is 13.7. The third-order valence-electron chi connectivity index (χ3n) is 5.33. The number of piperidine rings is 1. The summed E-state index contributed by atoms with van der Waals surface area (Å²) in [6, 6.07) is 8.17. The van der Waals surface area contributed by atoms with Crippen LogP contribution in [0, 0.1) is 11.7 Å². The summed E-state index contributed by atoms with van der Waals surface area (Å²) in [7, 11) is 2.09. The van der Waals surface area contributed by atoms with Gasteiger partial charge in [0.2, 0.25) is 0 Å². The molecule has 1 fully saturated rings. The van der Waals surface area contributed by atoms with Crippen molar-refractivity contribution >= 4 is 0 Å². The van der Waals surface area contributed by atoms with Crippen LogP contribution in [-0.4, -0.2) is 35.1 Å². The van der Waals surface area contributed by atoms with E-state index in [2.05, 4.69) is 16.9 Å². The molecular formula is C19H21FN2O2. The van der Waals surface area contributed by atoms with Crippen molar-refractivity contribution in [3.63, 3.8) is 0 Å². The minimum Gasteiger partial charge on any atom is -0.487 e. The van der Waals surface area contributed by atoms with E-state index in [0.717, 1.165) is 37.2 Å². The van der Waals surface area contributed by atoms with Crippen LogP contribution in [0.1, 0.15) is 29.7 Å². The van der Waals surface area contributed by atoms with Gasteiger partial charge in [0, 0.05) is 23.4 Å². The molecule has 0 amide bonds. The first-order valence-corrected chi connectivity index (χ1v) is 8.37. The van der Waals surface area contributed by atoms with E-state index in [9.17, 15) is 9.50 Å². The largest absolute Gasteiger partial charge is 0.487 e. The van der Waals surface area contributed by atoms with Crippen LogP contribution in [0.3, 0.4) is 0 Å². The SMILES string of the molecule is CN1CCC(C2(O)c3ccc(F)cc3OCc3ncccc32)CC1. The number of hydrogen-bond acceptors (Lipinski definition) is 4. The second-order valence-electron chi connectivity index (χ2n) is 6.77. The Hall–Kier alpha value is -1.98. The van der Waals surface area contributed by atoms with Gasteiger partial charge < -0.3 is 14.7 Å². The van der Waals surface area contributed by atoms with Crippen LogP contribution in [-0.2, 0) is 12.2 Å². The van der Waals surface area contributed by atoms with Gasteiger partial charge in [0.05, 0.1) is 5.69 Å². The molecule has 3 heterocycles. The Kier molecular flexibility index (Phi) is 3.77. The minimum absolute atomic E-state index is 0.0440. The van der Waals surface area contributed by atoms with Crippen LogP contribution in [0.25, 0.3) is 0 Å². The fourth-order valence-corrected chi connectivity index (χ4v) is 3.99. The Bertz CT molecular complexity index is 759. The fraction of sp³-hybridized carbons (Fsp3) is 0.421. The van der Waals surface area contributed by atoms with Gasteiger partial charge in [-0.15, -0.1) is 0 Å². The van der Waals surface area contributed by atoms with E-state index in [4.69, 9.17) is 4.74 Å². The number of fused-ring (bicyclic) bond motifs is 2. The highest BCUT2D eigenvalue weighted by Gasteiger charge is 2.46. The van der Waals surface area contributed by atoms with Crippen LogP contribution in [0.2, 0.25) is 0 Å².